The zero-order valence-electron chi connectivity index (χ0n) is 11.9. The van der Waals surface area contributed by atoms with E-state index in [0.717, 1.165) is 36.3 Å². The molecular formula is C15H22N2O2S. The van der Waals surface area contributed by atoms with E-state index in [0.29, 0.717) is 17.9 Å². The topological polar surface area (TPSA) is 53.4 Å². The standard InChI is InChI=1S/C15H22N2O2S/c1-17(12-6-2-10(8-18)3-7-12)15(19)14-13(11-4-5-11)16-9-20-14/h9-12,18H,2-8H2,1H3. The van der Waals surface area contributed by atoms with E-state index in [9.17, 15) is 9.90 Å². The number of thiazole rings is 1. The van der Waals surface area contributed by atoms with Crippen LogP contribution in [0.15, 0.2) is 5.51 Å². The number of aliphatic hydroxyl groups excluding tert-OH is 1. The lowest BCUT2D eigenvalue weighted by Gasteiger charge is -2.34. The second kappa shape index (κ2) is 5.82. The molecule has 1 amide bonds. The Morgan fingerprint density at radius 1 is 1.35 bits per heavy atom. The van der Waals surface area contributed by atoms with Gasteiger partial charge in [0.1, 0.15) is 4.88 Å². The van der Waals surface area contributed by atoms with Gasteiger partial charge in [0, 0.05) is 25.6 Å². The molecule has 0 spiro atoms. The summed E-state index contributed by atoms with van der Waals surface area (Å²) in [6.45, 7) is 0.283. The Balaban J connectivity index is 1.66. The third-order valence-electron chi connectivity index (χ3n) is 4.70. The van der Waals surface area contributed by atoms with Crippen LogP contribution in [0.25, 0.3) is 0 Å². The van der Waals surface area contributed by atoms with Crippen LogP contribution in [0.5, 0.6) is 0 Å². The highest BCUT2D eigenvalue weighted by Crippen LogP contribution is 2.42. The van der Waals surface area contributed by atoms with Crippen molar-refractivity contribution in [2.24, 2.45) is 5.92 Å². The van der Waals surface area contributed by atoms with Crippen molar-refractivity contribution in [3.63, 3.8) is 0 Å². The van der Waals surface area contributed by atoms with Gasteiger partial charge in [0.15, 0.2) is 0 Å². The molecule has 1 heterocycles. The normalized spacial score (nSPS) is 26.5. The van der Waals surface area contributed by atoms with Crippen molar-refractivity contribution in [2.45, 2.75) is 50.5 Å². The first-order chi connectivity index (χ1) is 9.70. The Kier molecular flexibility index (Phi) is 4.08. The molecule has 0 atom stereocenters. The minimum absolute atomic E-state index is 0.141. The van der Waals surface area contributed by atoms with Crippen LogP contribution < -0.4 is 0 Å². The lowest BCUT2D eigenvalue weighted by atomic mass is 9.86. The molecule has 20 heavy (non-hydrogen) atoms. The van der Waals surface area contributed by atoms with E-state index >= 15 is 0 Å². The van der Waals surface area contributed by atoms with Crippen molar-refractivity contribution in [3.8, 4) is 0 Å². The molecule has 1 N–H and O–H groups in total. The van der Waals surface area contributed by atoms with Gasteiger partial charge in [-0.2, -0.15) is 0 Å². The molecule has 110 valence electrons. The predicted octanol–water partition coefficient (Wildman–Crippen LogP) is 2.64. The Morgan fingerprint density at radius 3 is 2.65 bits per heavy atom. The molecule has 1 aromatic rings. The monoisotopic (exact) mass is 294 g/mol. The molecule has 1 aromatic heterocycles. The Hall–Kier alpha value is -0.940. The molecule has 0 unspecified atom stereocenters. The van der Waals surface area contributed by atoms with Crippen molar-refractivity contribution in [1.29, 1.82) is 0 Å². The summed E-state index contributed by atoms with van der Waals surface area (Å²) in [5.41, 5.74) is 2.83. The van der Waals surface area contributed by atoms with Gasteiger partial charge in [0.05, 0.1) is 11.2 Å². The highest BCUT2D eigenvalue weighted by Gasteiger charge is 2.33. The molecule has 3 rings (SSSR count). The third kappa shape index (κ3) is 2.74. The van der Waals surface area contributed by atoms with Gasteiger partial charge in [-0.05, 0) is 44.4 Å². The van der Waals surface area contributed by atoms with Crippen LogP contribution in [-0.2, 0) is 0 Å². The first kappa shape index (κ1) is 14.0. The zero-order valence-corrected chi connectivity index (χ0v) is 12.7. The lowest BCUT2D eigenvalue weighted by molar-refractivity contribution is 0.0656. The molecule has 0 aliphatic heterocycles. The molecule has 0 aromatic carbocycles. The molecule has 2 aliphatic carbocycles. The SMILES string of the molecule is CN(C(=O)c1scnc1C1CC1)C1CCC(CO)CC1. The second-order valence-corrected chi connectivity index (χ2v) is 6.97. The largest absolute Gasteiger partial charge is 0.396 e. The quantitative estimate of drug-likeness (QED) is 0.929. The minimum atomic E-state index is 0.141. The van der Waals surface area contributed by atoms with E-state index in [-0.39, 0.29) is 12.5 Å². The van der Waals surface area contributed by atoms with E-state index in [1.807, 2.05) is 11.9 Å². The molecule has 4 nitrogen and oxygen atoms in total. The van der Waals surface area contributed by atoms with Crippen LogP contribution >= 0.6 is 11.3 Å². The van der Waals surface area contributed by atoms with Gasteiger partial charge in [-0.25, -0.2) is 4.98 Å². The second-order valence-electron chi connectivity index (χ2n) is 6.11. The van der Waals surface area contributed by atoms with E-state index in [2.05, 4.69) is 4.98 Å². The first-order valence-corrected chi connectivity index (χ1v) is 8.40. The molecule has 2 fully saturated rings. The van der Waals surface area contributed by atoms with Crippen LogP contribution in [-0.4, -0.2) is 40.6 Å². The minimum Gasteiger partial charge on any atom is -0.396 e. The summed E-state index contributed by atoms with van der Waals surface area (Å²) in [5.74, 6) is 1.10. The van der Waals surface area contributed by atoms with Crippen molar-refractivity contribution < 1.29 is 9.90 Å². The number of rotatable bonds is 4. The highest BCUT2D eigenvalue weighted by molar-refractivity contribution is 7.11. The van der Waals surface area contributed by atoms with Gasteiger partial charge < -0.3 is 10.0 Å². The summed E-state index contributed by atoms with van der Waals surface area (Å²) in [6, 6.07) is 0.319. The van der Waals surface area contributed by atoms with E-state index < -0.39 is 0 Å². The molecule has 5 heteroatoms. The van der Waals surface area contributed by atoms with Gasteiger partial charge in [-0.3, -0.25) is 4.79 Å². The van der Waals surface area contributed by atoms with Crippen LogP contribution in [0.1, 0.15) is 59.8 Å². The summed E-state index contributed by atoms with van der Waals surface area (Å²) in [7, 11) is 1.92. The number of aromatic nitrogens is 1. The van der Waals surface area contributed by atoms with Crippen LogP contribution in [0.3, 0.4) is 0 Å². The van der Waals surface area contributed by atoms with Crippen LogP contribution in [0.2, 0.25) is 0 Å². The van der Waals surface area contributed by atoms with Gasteiger partial charge in [0.25, 0.3) is 5.91 Å². The summed E-state index contributed by atoms with van der Waals surface area (Å²) < 4.78 is 0. The predicted molar refractivity (Wildman–Crippen MR) is 79.0 cm³/mol. The average molecular weight is 294 g/mol. The maximum atomic E-state index is 12.7. The number of hydrogen-bond acceptors (Lipinski definition) is 4. The van der Waals surface area contributed by atoms with Crippen molar-refractivity contribution >= 4 is 17.2 Å². The molecular weight excluding hydrogens is 272 g/mol. The van der Waals surface area contributed by atoms with Crippen molar-refractivity contribution in [2.75, 3.05) is 13.7 Å². The highest BCUT2D eigenvalue weighted by atomic mass is 32.1. The Labute approximate surface area is 123 Å². The number of amides is 1. The molecule has 0 bridgehead atoms. The van der Waals surface area contributed by atoms with Crippen molar-refractivity contribution in [1.82, 2.24) is 9.88 Å². The smallest absolute Gasteiger partial charge is 0.265 e. The summed E-state index contributed by atoms with van der Waals surface area (Å²) in [6.07, 6.45) is 6.41. The van der Waals surface area contributed by atoms with Gasteiger partial charge in [-0.1, -0.05) is 0 Å². The average Bonchev–Trinajstić information content (AvgIpc) is 3.23. The maximum absolute atomic E-state index is 12.7. The molecule has 0 saturated heterocycles. The number of nitrogens with zero attached hydrogens (tertiary/aromatic N) is 2. The van der Waals surface area contributed by atoms with Crippen molar-refractivity contribution in [3.05, 3.63) is 16.1 Å². The van der Waals surface area contributed by atoms with Gasteiger partial charge >= 0.3 is 0 Å². The summed E-state index contributed by atoms with van der Waals surface area (Å²) in [5, 5.41) is 9.19. The van der Waals surface area contributed by atoms with E-state index in [1.54, 1.807) is 5.51 Å². The molecule has 2 saturated carbocycles. The van der Waals surface area contributed by atoms with E-state index in [1.165, 1.54) is 24.2 Å². The van der Waals surface area contributed by atoms with E-state index in [4.69, 9.17) is 0 Å². The molecule has 2 aliphatic rings. The third-order valence-corrected chi connectivity index (χ3v) is 5.53. The fourth-order valence-corrected chi connectivity index (χ4v) is 3.96. The Morgan fingerprint density at radius 2 is 2.05 bits per heavy atom. The number of carbonyl (C=O) groups excluding carboxylic acids is 1. The Bertz CT molecular complexity index is 476. The first-order valence-electron chi connectivity index (χ1n) is 7.52. The zero-order chi connectivity index (χ0) is 14.1. The summed E-state index contributed by atoms with van der Waals surface area (Å²) in [4.78, 5) is 19.8. The fourth-order valence-electron chi connectivity index (χ4n) is 3.10. The van der Waals surface area contributed by atoms with Gasteiger partial charge in [-0.15, -0.1) is 11.3 Å². The van der Waals surface area contributed by atoms with Crippen LogP contribution in [0.4, 0.5) is 0 Å². The molecule has 0 radical (unpaired) electrons. The lowest BCUT2D eigenvalue weighted by Crippen LogP contribution is -2.39. The van der Waals surface area contributed by atoms with Crippen LogP contribution in [0, 0.1) is 5.92 Å². The number of hydrogen-bond donors (Lipinski definition) is 1. The fraction of sp³-hybridized carbons (Fsp3) is 0.733. The number of aliphatic hydroxyl groups is 1. The number of carbonyl (C=O) groups is 1. The maximum Gasteiger partial charge on any atom is 0.265 e. The summed E-state index contributed by atoms with van der Waals surface area (Å²) >= 11 is 1.48. The van der Waals surface area contributed by atoms with Gasteiger partial charge in [0.2, 0.25) is 0 Å².